The second kappa shape index (κ2) is 5.38. The monoisotopic (exact) mass is 272 g/mol. The van der Waals surface area contributed by atoms with Gasteiger partial charge in [-0.05, 0) is 36.8 Å². The fourth-order valence-corrected chi connectivity index (χ4v) is 2.63. The molecule has 0 radical (unpaired) electrons. The average Bonchev–Trinajstić information content (AvgIpc) is 3.24. The van der Waals surface area contributed by atoms with E-state index in [1.54, 1.807) is 0 Å². The van der Waals surface area contributed by atoms with Gasteiger partial charge in [0.1, 0.15) is 5.82 Å². The predicted molar refractivity (Wildman–Crippen MR) is 79.5 cm³/mol. The van der Waals surface area contributed by atoms with Crippen LogP contribution in [-0.2, 0) is 6.61 Å². The highest BCUT2D eigenvalue weighted by molar-refractivity contribution is 5.81. The van der Waals surface area contributed by atoms with Crippen LogP contribution in [0.25, 0.3) is 10.9 Å². The lowest BCUT2D eigenvalue weighted by molar-refractivity contribution is 0.253. The summed E-state index contributed by atoms with van der Waals surface area (Å²) in [6.07, 6.45) is 3.15. The van der Waals surface area contributed by atoms with Crippen molar-refractivity contribution < 1.29 is 10.2 Å². The summed E-state index contributed by atoms with van der Waals surface area (Å²) in [5.41, 5.74) is 1.98. The SMILES string of the molecule is OCCC1(CNc2nc3ccccc3cc2CO)CC1. The summed E-state index contributed by atoms with van der Waals surface area (Å²) in [5, 5.41) is 23.0. The normalized spacial score (nSPS) is 16.3. The van der Waals surface area contributed by atoms with Gasteiger partial charge in [-0.25, -0.2) is 4.98 Å². The Hall–Kier alpha value is -1.65. The van der Waals surface area contributed by atoms with Gasteiger partial charge in [0.05, 0.1) is 12.1 Å². The van der Waals surface area contributed by atoms with Crippen LogP contribution in [-0.4, -0.2) is 28.3 Å². The molecule has 3 rings (SSSR count). The van der Waals surface area contributed by atoms with Crippen LogP contribution in [0.1, 0.15) is 24.8 Å². The molecule has 0 unspecified atom stereocenters. The molecule has 1 aliphatic rings. The minimum absolute atomic E-state index is 0.0207. The molecule has 0 saturated heterocycles. The first-order chi connectivity index (χ1) is 9.76. The summed E-state index contributed by atoms with van der Waals surface area (Å²) >= 11 is 0. The average molecular weight is 272 g/mol. The number of aromatic nitrogens is 1. The molecule has 0 atom stereocenters. The fraction of sp³-hybridized carbons (Fsp3) is 0.438. The smallest absolute Gasteiger partial charge is 0.132 e. The molecule has 3 N–H and O–H groups in total. The number of aliphatic hydroxyl groups excluding tert-OH is 2. The summed E-state index contributed by atoms with van der Waals surface area (Å²) in [6.45, 7) is 1.03. The third-order valence-corrected chi connectivity index (χ3v) is 4.20. The number of hydrogen-bond donors (Lipinski definition) is 3. The van der Waals surface area contributed by atoms with Crippen LogP contribution < -0.4 is 5.32 Å². The minimum atomic E-state index is -0.0207. The van der Waals surface area contributed by atoms with E-state index in [0.717, 1.165) is 48.1 Å². The van der Waals surface area contributed by atoms with Crippen molar-refractivity contribution >= 4 is 16.7 Å². The van der Waals surface area contributed by atoms with Gasteiger partial charge in [0.2, 0.25) is 0 Å². The largest absolute Gasteiger partial charge is 0.396 e. The van der Waals surface area contributed by atoms with E-state index in [4.69, 9.17) is 5.11 Å². The molecular weight excluding hydrogens is 252 g/mol. The van der Waals surface area contributed by atoms with Gasteiger partial charge in [0.25, 0.3) is 0 Å². The standard InChI is InChI=1S/C16H20N2O2/c19-8-7-16(5-6-16)11-17-15-13(10-20)9-12-3-1-2-4-14(12)18-15/h1-4,9,19-20H,5-8,10-11H2,(H,17,18). The van der Waals surface area contributed by atoms with E-state index in [9.17, 15) is 5.11 Å². The number of aliphatic hydroxyl groups is 2. The maximum absolute atomic E-state index is 9.51. The molecule has 1 aromatic heterocycles. The molecule has 106 valence electrons. The summed E-state index contributed by atoms with van der Waals surface area (Å²) in [4.78, 5) is 4.60. The summed E-state index contributed by atoms with van der Waals surface area (Å²) < 4.78 is 0. The van der Waals surface area contributed by atoms with Gasteiger partial charge < -0.3 is 15.5 Å². The van der Waals surface area contributed by atoms with E-state index in [2.05, 4.69) is 10.3 Å². The first-order valence-corrected chi connectivity index (χ1v) is 7.11. The first kappa shape index (κ1) is 13.3. The van der Waals surface area contributed by atoms with Crippen LogP contribution >= 0.6 is 0 Å². The molecule has 1 aliphatic carbocycles. The van der Waals surface area contributed by atoms with Gasteiger partial charge in [0, 0.05) is 24.1 Å². The summed E-state index contributed by atoms with van der Waals surface area (Å²) in [6, 6.07) is 9.89. The number of pyridine rings is 1. The number of fused-ring (bicyclic) bond motifs is 1. The summed E-state index contributed by atoms with van der Waals surface area (Å²) in [5.74, 6) is 0.760. The van der Waals surface area contributed by atoms with Crippen LogP contribution in [0.4, 0.5) is 5.82 Å². The molecule has 0 bridgehead atoms. The predicted octanol–water partition coefficient (Wildman–Crippen LogP) is 2.30. The fourth-order valence-electron chi connectivity index (χ4n) is 2.63. The van der Waals surface area contributed by atoms with Crippen molar-refractivity contribution in [3.63, 3.8) is 0 Å². The lowest BCUT2D eigenvalue weighted by Gasteiger charge is -2.17. The quantitative estimate of drug-likeness (QED) is 0.755. The summed E-state index contributed by atoms with van der Waals surface area (Å²) in [7, 11) is 0. The van der Waals surface area contributed by atoms with Gasteiger partial charge in [-0.2, -0.15) is 0 Å². The molecule has 0 spiro atoms. The molecule has 4 heteroatoms. The molecule has 4 nitrogen and oxygen atoms in total. The van der Waals surface area contributed by atoms with E-state index in [1.807, 2.05) is 30.3 Å². The third kappa shape index (κ3) is 2.62. The van der Waals surface area contributed by atoms with Crippen LogP contribution in [0.2, 0.25) is 0 Å². The zero-order valence-corrected chi connectivity index (χ0v) is 11.5. The molecule has 1 aromatic carbocycles. The van der Waals surface area contributed by atoms with E-state index in [1.165, 1.54) is 0 Å². The first-order valence-electron chi connectivity index (χ1n) is 7.11. The number of hydrogen-bond acceptors (Lipinski definition) is 4. The lowest BCUT2D eigenvalue weighted by atomic mass is 10.0. The van der Waals surface area contributed by atoms with Crippen molar-refractivity contribution in [3.8, 4) is 0 Å². The second-order valence-electron chi connectivity index (χ2n) is 5.67. The zero-order chi connectivity index (χ0) is 14.0. The van der Waals surface area contributed by atoms with E-state index < -0.39 is 0 Å². The highest BCUT2D eigenvalue weighted by atomic mass is 16.3. The van der Waals surface area contributed by atoms with Gasteiger partial charge >= 0.3 is 0 Å². The van der Waals surface area contributed by atoms with Crippen molar-refractivity contribution in [2.45, 2.75) is 25.9 Å². The molecular formula is C16H20N2O2. The Morgan fingerprint density at radius 1 is 1.20 bits per heavy atom. The van der Waals surface area contributed by atoms with Gasteiger partial charge in [-0.15, -0.1) is 0 Å². The van der Waals surface area contributed by atoms with Crippen molar-refractivity contribution in [2.24, 2.45) is 5.41 Å². The van der Waals surface area contributed by atoms with Crippen LogP contribution in [0.3, 0.4) is 0 Å². The highest BCUT2D eigenvalue weighted by Crippen LogP contribution is 2.48. The Balaban J connectivity index is 1.83. The maximum atomic E-state index is 9.51. The van der Waals surface area contributed by atoms with Crippen molar-refractivity contribution in [2.75, 3.05) is 18.5 Å². The van der Waals surface area contributed by atoms with Gasteiger partial charge in [-0.3, -0.25) is 0 Å². The molecule has 1 saturated carbocycles. The molecule has 0 amide bonds. The van der Waals surface area contributed by atoms with Gasteiger partial charge in [-0.1, -0.05) is 18.2 Å². The second-order valence-corrected chi connectivity index (χ2v) is 5.67. The Morgan fingerprint density at radius 3 is 2.70 bits per heavy atom. The third-order valence-electron chi connectivity index (χ3n) is 4.20. The maximum Gasteiger partial charge on any atom is 0.132 e. The zero-order valence-electron chi connectivity index (χ0n) is 11.5. The number of nitrogens with one attached hydrogen (secondary N) is 1. The number of rotatable bonds is 6. The van der Waals surface area contributed by atoms with E-state index >= 15 is 0 Å². The Kier molecular flexibility index (Phi) is 3.59. The molecule has 1 fully saturated rings. The van der Waals surface area contributed by atoms with E-state index in [-0.39, 0.29) is 18.6 Å². The minimum Gasteiger partial charge on any atom is -0.396 e. The van der Waals surface area contributed by atoms with Crippen LogP contribution in [0.15, 0.2) is 30.3 Å². The Morgan fingerprint density at radius 2 is 2.00 bits per heavy atom. The molecule has 0 aliphatic heterocycles. The lowest BCUT2D eigenvalue weighted by Crippen LogP contribution is -2.18. The molecule has 2 aromatic rings. The Bertz CT molecular complexity index is 608. The number of nitrogens with zero attached hydrogens (tertiary/aromatic N) is 1. The Labute approximate surface area is 118 Å². The van der Waals surface area contributed by atoms with Crippen molar-refractivity contribution in [3.05, 3.63) is 35.9 Å². The number of anilines is 1. The van der Waals surface area contributed by atoms with Crippen molar-refractivity contribution in [1.29, 1.82) is 0 Å². The van der Waals surface area contributed by atoms with Crippen molar-refractivity contribution in [1.82, 2.24) is 4.98 Å². The van der Waals surface area contributed by atoms with E-state index in [0.29, 0.717) is 0 Å². The topological polar surface area (TPSA) is 65.4 Å². The molecule has 1 heterocycles. The number of para-hydroxylation sites is 1. The molecule has 20 heavy (non-hydrogen) atoms. The van der Waals surface area contributed by atoms with Gasteiger partial charge in [0.15, 0.2) is 0 Å². The number of benzene rings is 1. The van der Waals surface area contributed by atoms with Crippen LogP contribution in [0.5, 0.6) is 0 Å². The van der Waals surface area contributed by atoms with Crippen LogP contribution in [0, 0.1) is 5.41 Å². The highest BCUT2D eigenvalue weighted by Gasteiger charge is 2.41.